The minimum atomic E-state index is -3.06. The van der Waals surface area contributed by atoms with E-state index in [1.807, 2.05) is 0 Å². The molecule has 5 nitrogen and oxygen atoms in total. The molecule has 0 aliphatic carbocycles. The van der Waals surface area contributed by atoms with Crippen LogP contribution in [0.2, 0.25) is 10.0 Å². The Balaban J connectivity index is 2.24. The second-order valence-electron chi connectivity index (χ2n) is 4.51. The van der Waals surface area contributed by atoms with Crippen LogP contribution in [0.15, 0.2) is 12.1 Å². The molecule has 0 radical (unpaired) electrons. The van der Waals surface area contributed by atoms with Crippen LogP contribution in [0.4, 0.5) is 0 Å². The summed E-state index contributed by atoms with van der Waals surface area (Å²) in [6.07, 6.45) is 0.397. The fourth-order valence-corrected chi connectivity index (χ4v) is 4.25. The van der Waals surface area contributed by atoms with E-state index < -0.39 is 21.8 Å². The van der Waals surface area contributed by atoms with Gasteiger partial charge in [-0.25, -0.2) is 8.42 Å². The van der Waals surface area contributed by atoms with Gasteiger partial charge in [0.25, 0.3) is 5.91 Å². The normalized spacial score (nSPS) is 20.6. The number of sulfone groups is 1. The monoisotopic (exact) mass is 337 g/mol. The number of methoxy groups -OCH3 is 1. The number of carbonyl (C=O) groups excluding carboxylic acids is 1. The Morgan fingerprint density at radius 1 is 1.35 bits per heavy atom. The molecule has 20 heavy (non-hydrogen) atoms. The van der Waals surface area contributed by atoms with Crippen LogP contribution < -0.4 is 10.1 Å². The van der Waals surface area contributed by atoms with Crippen molar-refractivity contribution in [1.82, 2.24) is 5.32 Å². The summed E-state index contributed by atoms with van der Waals surface area (Å²) < 4.78 is 27.8. The molecule has 1 heterocycles. The zero-order chi connectivity index (χ0) is 14.9. The first-order valence-electron chi connectivity index (χ1n) is 5.87. The summed E-state index contributed by atoms with van der Waals surface area (Å²) in [6.45, 7) is 0. The van der Waals surface area contributed by atoms with Gasteiger partial charge < -0.3 is 10.1 Å². The van der Waals surface area contributed by atoms with Gasteiger partial charge >= 0.3 is 0 Å². The van der Waals surface area contributed by atoms with Crippen molar-refractivity contribution in [3.05, 3.63) is 27.7 Å². The predicted octanol–water partition coefficient (Wildman–Crippen LogP) is 1.92. The average Bonchev–Trinajstić information content (AvgIpc) is 2.70. The van der Waals surface area contributed by atoms with Crippen molar-refractivity contribution in [3.63, 3.8) is 0 Å². The number of ether oxygens (including phenoxy) is 1. The van der Waals surface area contributed by atoms with E-state index >= 15 is 0 Å². The van der Waals surface area contributed by atoms with Crippen molar-refractivity contribution in [1.29, 1.82) is 0 Å². The number of carbonyl (C=O) groups is 1. The van der Waals surface area contributed by atoms with E-state index in [0.29, 0.717) is 6.42 Å². The molecule has 1 aliphatic rings. The molecule has 1 atom stereocenters. The van der Waals surface area contributed by atoms with Crippen LogP contribution in [0.3, 0.4) is 0 Å². The molecule has 0 aromatic heterocycles. The third-order valence-corrected chi connectivity index (χ3v) is 5.44. The molecule has 0 saturated carbocycles. The summed E-state index contributed by atoms with van der Waals surface area (Å²) in [6, 6.07) is 2.61. The van der Waals surface area contributed by atoms with Gasteiger partial charge in [0.2, 0.25) is 0 Å². The Morgan fingerprint density at radius 2 is 2.00 bits per heavy atom. The number of hydrogen-bond acceptors (Lipinski definition) is 4. The van der Waals surface area contributed by atoms with Gasteiger partial charge in [-0.1, -0.05) is 23.2 Å². The predicted molar refractivity (Wildman–Crippen MR) is 77.5 cm³/mol. The summed E-state index contributed by atoms with van der Waals surface area (Å²) in [5, 5.41) is 3.12. The molecule has 1 aliphatic heterocycles. The van der Waals surface area contributed by atoms with Crippen LogP contribution in [0, 0.1) is 0 Å². The smallest absolute Gasteiger partial charge is 0.256 e. The summed E-state index contributed by atoms with van der Waals surface area (Å²) in [7, 11) is -1.68. The Hall–Kier alpha value is -0.980. The highest BCUT2D eigenvalue weighted by Crippen LogP contribution is 2.33. The lowest BCUT2D eigenvalue weighted by Crippen LogP contribution is -2.36. The van der Waals surface area contributed by atoms with Gasteiger partial charge in [-0.3, -0.25) is 4.79 Å². The van der Waals surface area contributed by atoms with Gasteiger partial charge in [-0.05, 0) is 18.6 Å². The zero-order valence-electron chi connectivity index (χ0n) is 10.7. The molecule has 1 aromatic rings. The highest BCUT2D eigenvalue weighted by molar-refractivity contribution is 7.91. The lowest BCUT2D eigenvalue weighted by molar-refractivity contribution is 0.0938. The zero-order valence-corrected chi connectivity index (χ0v) is 13.0. The molecule has 1 saturated heterocycles. The van der Waals surface area contributed by atoms with Crippen LogP contribution in [-0.2, 0) is 9.84 Å². The Labute approximate surface area is 127 Å². The van der Waals surface area contributed by atoms with Crippen molar-refractivity contribution >= 4 is 38.9 Å². The van der Waals surface area contributed by atoms with Gasteiger partial charge in [0.05, 0.1) is 28.7 Å². The summed E-state index contributed by atoms with van der Waals surface area (Å²) in [5.41, 5.74) is 0.117. The SMILES string of the molecule is COc1c(Cl)ccc(Cl)c1C(=O)NC1CCS(=O)(=O)C1. The highest BCUT2D eigenvalue weighted by atomic mass is 35.5. The van der Waals surface area contributed by atoms with Crippen molar-refractivity contribution in [2.75, 3.05) is 18.6 Å². The van der Waals surface area contributed by atoms with Crippen molar-refractivity contribution < 1.29 is 17.9 Å². The quantitative estimate of drug-likeness (QED) is 0.914. The first-order chi connectivity index (χ1) is 9.34. The van der Waals surface area contributed by atoms with E-state index in [-0.39, 0.29) is 32.9 Å². The van der Waals surface area contributed by atoms with Crippen LogP contribution in [-0.4, -0.2) is 39.0 Å². The largest absolute Gasteiger partial charge is 0.494 e. The number of benzene rings is 1. The lowest BCUT2D eigenvalue weighted by atomic mass is 10.1. The van der Waals surface area contributed by atoms with E-state index in [2.05, 4.69) is 5.32 Å². The molecule has 1 N–H and O–H groups in total. The Morgan fingerprint density at radius 3 is 2.55 bits per heavy atom. The van der Waals surface area contributed by atoms with Crippen molar-refractivity contribution in [2.24, 2.45) is 0 Å². The number of rotatable bonds is 3. The van der Waals surface area contributed by atoms with Crippen LogP contribution >= 0.6 is 23.2 Å². The van der Waals surface area contributed by atoms with E-state index in [1.165, 1.54) is 19.2 Å². The minimum absolute atomic E-state index is 0.0563. The third kappa shape index (κ3) is 3.19. The summed E-state index contributed by atoms with van der Waals surface area (Å²) >= 11 is 11.9. The number of amides is 1. The van der Waals surface area contributed by atoms with Gasteiger partial charge in [0, 0.05) is 6.04 Å². The van der Waals surface area contributed by atoms with E-state index in [0.717, 1.165) is 0 Å². The fourth-order valence-electron chi connectivity index (χ4n) is 2.11. The van der Waals surface area contributed by atoms with Crippen LogP contribution in [0.25, 0.3) is 0 Å². The van der Waals surface area contributed by atoms with Gasteiger partial charge in [0.15, 0.2) is 15.6 Å². The van der Waals surface area contributed by atoms with Crippen LogP contribution in [0.1, 0.15) is 16.8 Å². The number of halogens is 2. The second kappa shape index (κ2) is 5.79. The number of hydrogen-bond donors (Lipinski definition) is 1. The molecule has 1 aromatic carbocycles. The lowest BCUT2D eigenvalue weighted by Gasteiger charge is -2.15. The maximum absolute atomic E-state index is 12.2. The maximum Gasteiger partial charge on any atom is 0.256 e. The standard InChI is InChI=1S/C12H13Cl2NO4S/c1-19-11-9(14)3-2-8(13)10(11)12(16)15-7-4-5-20(17,18)6-7/h2-3,7H,4-6H2,1H3,(H,15,16). The molecular weight excluding hydrogens is 325 g/mol. The highest BCUT2D eigenvalue weighted by Gasteiger charge is 2.30. The van der Waals surface area contributed by atoms with E-state index in [1.54, 1.807) is 0 Å². The summed E-state index contributed by atoms with van der Waals surface area (Å²) in [4.78, 5) is 12.2. The summed E-state index contributed by atoms with van der Waals surface area (Å²) in [5.74, 6) is -0.286. The molecule has 8 heteroatoms. The molecule has 0 bridgehead atoms. The molecule has 0 spiro atoms. The molecule has 2 rings (SSSR count). The Bertz CT molecular complexity index is 645. The second-order valence-corrected chi connectivity index (χ2v) is 7.55. The third-order valence-electron chi connectivity index (χ3n) is 3.06. The van der Waals surface area contributed by atoms with E-state index in [4.69, 9.17) is 27.9 Å². The van der Waals surface area contributed by atoms with E-state index in [9.17, 15) is 13.2 Å². The van der Waals surface area contributed by atoms with Crippen molar-refractivity contribution in [2.45, 2.75) is 12.5 Å². The average molecular weight is 338 g/mol. The first-order valence-corrected chi connectivity index (χ1v) is 8.45. The molecule has 1 unspecified atom stereocenters. The molecule has 110 valence electrons. The maximum atomic E-state index is 12.2. The van der Waals surface area contributed by atoms with Gasteiger partial charge in [-0.2, -0.15) is 0 Å². The van der Waals surface area contributed by atoms with Crippen molar-refractivity contribution in [3.8, 4) is 5.75 Å². The van der Waals surface area contributed by atoms with Gasteiger partial charge in [0.1, 0.15) is 5.56 Å². The number of nitrogens with one attached hydrogen (secondary N) is 1. The first kappa shape index (κ1) is 15.4. The van der Waals surface area contributed by atoms with Gasteiger partial charge in [-0.15, -0.1) is 0 Å². The molecular formula is C12H13Cl2NO4S. The molecule has 1 fully saturated rings. The Kier molecular flexibility index (Phi) is 4.46. The molecule has 1 amide bonds. The fraction of sp³-hybridized carbons (Fsp3) is 0.417. The van der Waals surface area contributed by atoms with Crippen LogP contribution in [0.5, 0.6) is 5.75 Å². The minimum Gasteiger partial charge on any atom is -0.494 e. The topological polar surface area (TPSA) is 72.5 Å².